The number of hydrogen-bond acceptors (Lipinski definition) is 3. The first-order valence-corrected chi connectivity index (χ1v) is 13.1. The topological polar surface area (TPSA) is 64.1 Å². The van der Waals surface area contributed by atoms with Crippen molar-refractivity contribution in [1.29, 1.82) is 0 Å². The van der Waals surface area contributed by atoms with Crippen LogP contribution >= 0.6 is 0 Å². The molecule has 5 rings (SSSR count). The van der Waals surface area contributed by atoms with Gasteiger partial charge in [-0.15, -0.1) is 0 Å². The van der Waals surface area contributed by atoms with Gasteiger partial charge in [0.15, 0.2) is 0 Å². The van der Waals surface area contributed by atoms with Crippen molar-refractivity contribution in [2.75, 3.05) is 26.2 Å². The standard InChI is InChI=1S/C29H36FN3O3/c1-20(2)23-8-4-5-9-24(23)26-18-31(17-21-7-3-6-10-25(21)30)19-27(34)33(26)22-15-29(16-22)11-13-32(14-12-29)28(35)36/h3-10,20,22,26H,11-19H2,1-2H3,(H,35,36). The zero-order chi connectivity index (χ0) is 25.4. The van der Waals surface area contributed by atoms with Gasteiger partial charge in [0.25, 0.3) is 0 Å². The summed E-state index contributed by atoms with van der Waals surface area (Å²) in [7, 11) is 0. The number of carboxylic acid groups (broad SMARTS) is 1. The third kappa shape index (κ3) is 4.73. The summed E-state index contributed by atoms with van der Waals surface area (Å²) in [6.45, 7) is 6.87. The van der Waals surface area contributed by atoms with Crippen LogP contribution in [0.15, 0.2) is 48.5 Å². The number of benzene rings is 2. The summed E-state index contributed by atoms with van der Waals surface area (Å²) in [6, 6.07) is 15.3. The number of piperidine rings is 1. The second kappa shape index (κ2) is 9.85. The van der Waals surface area contributed by atoms with E-state index in [9.17, 15) is 19.1 Å². The van der Waals surface area contributed by atoms with Gasteiger partial charge in [-0.3, -0.25) is 9.69 Å². The van der Waals surface area contributed by atoms with Crippen molar-refractivity contribution in [3.63, 3.8) is 0 Å². The second-order valence-corrected chi connectivity index (χ2v) is 11.2. The fraction of sp³-hybridized carbons (Fsp3) is 0.517. The highest BCUT2D eigenvalue weighted by Gasteiger charge is 2.52. The molecule has 0 radical (unpaired) electrons. The number of halogens is 1. The summed E-state index contributed by atoms with van der Waals surface area (Å²) in [6.07, 6.45) is 2.75. The van der Waals surface area contributed by atoms with Crippen LogP contribution in [0.4, 0.5) is 9.18 Å². The fourth-order valence-corrected chi connectivity index (χ4v) is 6.60. The molecular weight excluding hydrogens is 457 g/mol. The quantitative estimate of drug-likeness (QED) is 0.617. The van der Waals surface area contributed by atoms with Gasteiger partial charge >= 0.3 is 6.09 Å². The van der Waals surface area contributed by atoms with Crippen LogP contribution < -0.4 is 0 Å². The number of carbonyl (C=O) groups excluding carboxylic acids is 1. The van der Waals surface area contributed by atoms with Gasteiger partial charge in [0.05, 0.1) is 12.6 Å². The Morgan fingerprint density at radius 2 is 1.75 bits per heavy atom. The van der Waals surface area contributed by atoms with Crippen molar-refractivity contribution in [3.05, 3.63) is 71.0 Å². The summed E-state index contributed by atoms with van der Waals surface area (Å²) in [4.78, 5) is 30.7. The van der Waals surface area contributed by atoms with Crippen molar-refractivity contribution in [2.24, 2.45) is 5.41 Å². The zero-order valence-corrected chi connectivity index (χ0v) is 21.2. The first-order chi connectivity index (χ1) is 17.3. The molecule has 2 amide bonds. The zero-order valence-electron chi connectivity index (χ0n) is 21.2. The molecule has 2 aliphatic heterocycles. The summed E-state index contributed by atoms with van der Waals surface area (Å²) in [5, 5.41) is 9.31. The number of nitrogens with zero attached hydrogens (tertiary/aromatic N) is 3. The Bertz CT molecular complexity index is 1120. The molecule has 0 bridgehead atoms. The van der Waals surface area contributed by atoms with Crippen LogP contribution in [0.25, 0.3) is 0 Å². The minimum absolute atomic E-state index is 0.0851. The van der Waals surface area contributed by atoms with Crippen molar-refractivity contribution >= 4 is 12.0 Å². The summed E-state index contributed by atoms with van der Waals surface area (Å²) in [5.74, 6) is 0.192. The summed E-state index contributed by atoms with van der Waals surface area (Å²) in [5.41, 5.74) is 3.18. The van der Waals surface area contributed by atoms with Crippen LogP contribution in [0.3, 0.4) is 0 Å². The van der Waals surface area contributed by atoms with E-state index in [-0.39, 0.29) is 35.8 Å². The Balaban J connectivity index is 1.38. The molecule has 7 heteroatoms. The van der Waals surface area contributed by atoms with Gasteiger partial charge < -0.3 is 14.9 Å². The fourth-order valence-electron chi connectivity index (χ4n) is 6.60. The van der Waals surface area contributed by atoms with Crippen LogP contribution in [-0.4, -0.2) is 64.0 Å². The smallest absolute Gasteiger partial charge is 0.407 e. The molecule has 36 heavy (non-hydrogen) atoms. The molecule has 2 saturated heterocycles. The predicted octanol–water partition coefficient (Wildman–Crippen LogP) is 5.26. The van der Waals surface area contributed by atoms with Gasteiger partial charge in [-0.2, -0.15) is 0 Å². The predicted molar refractivity (Wildman–Crippen MR) is 136 cm³/mol. The molecule has 1 spiro atoms. The number of hydrogen-bond donors (Lipinski definition) is 1. The van der Waals surface area contributed by atoms with Crippen LogP contribution in [-0.2, 0) is 11.3 Å². The third-order valence-corrected chi connectivity index (χ3v) is 8.57. The average molecular weight is 494 g/mol. The Morgan fingerprint density at radius 3 is 2.42 bits per heavy atom. The lowest BCUT2D eigenvalue weighted by molar-refractivity contribution is -0.153. The Labute approximate surface area is 212 Å². The van der Waals surface area contributed by atoms with Gasteiger partial charge in [0, 0.05) is 37.8 Å². The lowest BCUT2D eigenvalue weighted by Crippen LogP contribution is -2.62. The molecule has 1 saturated carbocycles. The highest BCUT2D eigenvalue weighted by Crippen LogP contribution is 2.53. The van der Waals surface area contributed by atoms with E-state index in [4.69, 9.17) is 0 Å². The lowest BCUT2D eigenvalue weighted by Gasteiger charge is -2.58. The molecule has 192 valence electrons. The van der Waals surface area contributed by atoms with E-state index >= 15 is 0 Å². The van der Waals surface area contributed by atoms with E-state index in [0.29, 0.717) is 37.7 Å². The number of amides is 2. The molecule has 1 unspecified atom stereocenters. The number of rotatable bonds is 5. The van der Waals surface area contributed by atoms with E-state index in [0.717, 1.165) is 25.7 Å². The van der Waals surface area contributed by atoms with Crippen LogP contribution in [0.2, 0.25) is 0 Å². The third-order valence-electron chi connectivity index (χ3n) is 8.57. The van der Waals surface area contributed by atoms with E-state index < -0.39 is 6.09 Å². The molecule has 2 aromatic rings. The van der Waals surface area contributed by atoms with Crippen molar-refractivity contribution in [3.8, 4) is 0 Å². The van der Waals surface area contributed by atoms with Gasteiger partial charge in [0.2, 0.25) is 5.91 Å². The van der Waals surface area contributed by atoms with Crippen molar-refractivity contribution in [1.82, 2.24) is 14.7 Å². The minimum atomic E-state index is -0.841. The molecule has 1 N–H and O–H groups in total. The maximum Gasteiger partial charge on any atom is 0.407 e. The van der Waals surface area contributed by atoms with Crippen LogP contribution in [0, 0.1) is 11.2 Å². The first kappa shape index (κ1) is 24.8. The van der Waals surface area contributed by atoms with Gasteiger partial charge in [-0.25, -0.2) is 9.18 Å². The lowest BCUT2D eigenvalue weighted by atomic mass is 9.59. The molecule has 3 aliphatic rings. The molecular formula is C29H36FN3O3. The van der Waals surface area contributed by atoms with E-state index in [1.807, 2.05) is 12.1 Å². The number of piperazine rings is 1. The molecule has 3 fully saturated rings. The Kier molecular flexibility index (Phi) is 6.77. The highest BCUT2D eigenvalue weighted by molar-refractivity contribution is 5.80. The average Bonchev–Trinajstić information content (AvgIpc) is 2.84. The van der Waals surface area contributed by atoms with Crippen molar-refractivity contribution in [2.45, 2.75) is 64.1 Å². The normalized spacial score (nSPS) is 22.8. The molecule has 2 aromatic carbocycles. The molecule has 1 atom stereocenters. The summed E-state index contributed by atoms with van der Waals surface area (Å²) >= 11 is 0. The monoisotopic (exact) mass is 493 g/mol. The molecule has 2 heterocycles. The van der Waals surface area contributed by atoms with E-state index in [1.165, 1.54) is 22.1 Å². The number of carbonyl (C=O) groups is 2. The van der Waals surface area contributed by atoms with Crippen molar-refractivity contribution < 1.29 is 19.1 Å². The van der Waals surface area contributed by atoms with Gasteiger partial charge in [-0.05, 0) is 54.2 Å². The SMILES string of the molecule is CC(C)c1ccccc1C1CN(Cc2ccccc2F)CC(=O)N1C1CC2(CCN(C(=O)O)CC2)C1. The molecule has 0 aromatic heterocycles. The van der Waals surface area contributed by atoms with Crippen LogP contribution in [0.1, 0.15) is 68.2 Å². The number of likely N-dealkylation sites (tertiary alicyclic amines) is 1. The molecule has 6 nitrogen and oxygen atoms in total. The Hall–Kier alpha value is -2.93. The largest absolute Gasteiger partial charge is 0.465 e. The van der Waals surface area contributed by atoms with E-state index in [1.54, 1.807) is 12.1 Å². The highest BCUT2D eigenvalue weighted by atomic mass is 19.1. The van der Waals surface area contributed by atoms with E-state index in [2.05, 4.69) is 41.8 Å². The Morgan fingerprint density at radius 1 is 1.08 bits per heavy atom. The maximum absolute atomic E-state index is 14.4. The van der Waals surface area contributed by atoms with Gasteiger partial charge in [-0.1, -0.05) is 56.3 Å². The van der Waals surface area contributed by atoms with Crippen LogP contribution in [0.5, 0.6) is 0 Å². The van der Waals surface area contributed by atoms with Gasteiger partial charge in [0.1, 0.15) is 5.82 Å². The summed E-state index contributed by atoms with van der Waals surface area (Å²) < 4.78 is 14.4. The molecule has 1 aliphatic carbocycles. The minimum Gasteiger partial charge on any atom is -0.465 e. The maximum atomic E-state index is 14.4. The first-order valence-electron chi connectivity index (χ1n) is 13.1. The second-order valence-electron chi connectivity index (χ2n) is 11.2.